The molecular weight excluding hydrogens is 292 g/mol. The van der Waals surface area contributed by atoms with Crippen LogP contribution in [0.3, 0.4) is 0 Å². The zero-order chi connectivity index (χ0) is 15.0. The fourth-order valence-corrected chi connectivity index (χ4v) is 2.79. The lowest BCUT2D eigenvalue weighted by molar-refractivity contribution is 0.0697. The molecule has 3 rings (SSSR count). The van der Waals surface area contributed by atoms with Gasteiger partial charge in [0.05, 0.1) is 11.2 Å². The molecule has 2 aromatic heterocycles. The van der Waals surface area contributed by atoms with Gasteiger partial charge in [0.15, 0.2) is 5.69 Å². The molecule has 1 amide bonds. The van der Waals surface area contributed by atoms with Crippen LogP contribution in [-0.4, -0.2) is 31.6 Å². The summed E-state index contributed by atoms with van der Waals surface area (Å²) in [4.78, 5) is 23.4. The predicted molar refractivity (Wildman–Crippen MR) is 77.9 cm³/mol. The second kappa shape index (κ2) is 4.98. The Labute approximate surface area is 122 Å². The van der Waals surface area contributed by atoms with Crippen LogP contribution in [0, 0.1) is 6.92 Å². The first-order valence-corrected chi connectivity index (χ1v) is 6.79. The third kappa shape index (κ3) is 2.25. The van der Waals surface area contributed by atoms with E-state index in [4.69, 9.17) is 5.11 Å². The third-order valence-electron chi connectivity index (χ3n) is 2.99. The minimum absolute atomic E-state index is 0.00758. The Morgan fingerprint density at radius 2 is 2.10 bits per heavy atom. The number of aromatic nitrogens is 3. The summed E-state index contributed by atoms with van der Waals surface area (Å²) in [5.41, 5.74) is 1.33. The number of aromatic amines is 1. The van der Waals surface area contributed by atoms with Gasteiger partial charge in [-0.25, -0.2) is 4.79 Å². The molecule has 0 radical (unpaired) electrons. The molecule has 0 atom stereocenters. The summed E-state index contributed by atoms with van der Waals surface area (Å²) in [5, 5.41) is 19.3. The lowest BCUT2D eigenvalue weighted by Crippen LogP contribution is -2.14. The highest BCUT2D eigenvalue weighted by molar-refractivity contribution is 7.11. The highest BCUT2D eigenvalue weighted by Gasteiger charge is 2.21. The zero-order valence-electron chi connectivity index (χ0n) is 10.9. The van der Waals surface area contributed by atoms with E-state index in [9.17, 15) is 9.59 Å². The Balaban J connectivity index is 1.96. The number of carbonyl (C=O) groups excluding carboxylic acids is 1. The van der Waals surface area contributed by atoms with Crippen molar-refractivity contribution in [1.29, 1.82) is 0 Å². The van der Waals surface area contributed by atoms with Gasteiger partial charge < -0.3 is 10.4 Å². The molecule has 21 heavy (non-hydrogen) atoms. The van der Waals surface area contributed by atoms with E-state index >= 15 is 0 Å². The Morgan fingerprint density at radius 3 is 2.86 bits per heavy atom. The summed E-state index contributed by atoms with van der Waals surface area (Å²) in [7, 11) is 0. The summed E-state index contributed by atoms with van der Waals surface area (Å²) in [6.45, 7) is 1.58. The molecule has 0 aliphatic heterocycles. The normalized spacial score (nSPS) is 10.7. The fourth-order valence-electron chi connectivity index (χ4n) is 2.01. The number of nitrogens with one attached hydrogen (secondary N) is 2. The topological polar surface area (TPSA) is 108 Å². The predicted octanol–water partition coefficient (Wildman–Crippen LogP) is 2.28. The molecule has 0 bridgehead atoms. The van der Waals surface area contributed by atoms with Crippen LogP contribution in [0.25, 0.3) is 10.9 Å². The van der Waals surface area contributed by atoms with E-state index in [-0.39, 0.29) is 16.3 Å². The smallest absolute Gasteiger partial charge is 0.340 e. The summed E-state index contributed by atoms with van der Waals surface area (Å²) in [6.07, 6.45) is 0. The molecule has 8 heteroatoms. The van der Waals surface area contributed by atoms with E-state index in [0.29, 0.717) is 11.1 Å². The van der Waals surface area contributed by atoms with Crippen LogP contribution in [0.15, 0.2) is 24.3 Å². The van der Waals surface area contributed by atoms with Crippen LogP contribution >= 0.6 is 11.5 Å². The van der Waals surface area contributed by atoms with Crippen molar-refractivity contribution >= 4 is 39.3 Å². The maximum Gasteiger partial charge on any atom is 0.340 e. The number of hydrogen-bond acceptors (Lipinski definition) is 5. The number of amides is 1. The summed E-state index contributed by atoms with van der Waals surface area (Å²) >= 11 is 0.935. The molecule has 0 saturated carbocycles. The van der Waals surface area contributed by atoms with Gasteiger partial charge in [-0.2, -0.15) is 9.47 Å². The molecule has 0 aliphatic carbocycles. The van der Waals surface area contributed by atoms with E-state index in [0.717, 1.165) is 17.0 Å². The van der Waals surface area contributed by atoms with E-state index in [1.54, 1.807) is 25.1 Å². The van der Waals surface area contributed by atoms with Gasteiger partial charge in [0.2, 0.25) is 0 Å². The second-order valence-corrected chi connectivity index (χ2v) is 5.12. The number of anilines is 1. The molecule has 3 N–H and O–H groups in total. The average Bonchev–Trinajstić information content (AvgIpc) is 3.02. The number of aromatic carboxylic acids is 1. The number of rotatable bonds is 3. The van der Waals surface area contributed by atoms with Crippen LogP contribution in [0.5, 0.6) is 0 Å². The first-order valence-electron chi connectivity index (χ1n) is 6.02. The van der Waals surface area contributed by atoms with E-state index in [1.165, 1.54) is 0 Å². The number of H-pyrrole nitrogens is 1. The Morgan fingerprint density at radius 1 is 1.33 bits per heavy atom. The van der Waals surface area contributed by atoms with Crippen molar-refractivity contribution in [2.45, 2.75) is 6.92 Å². The van der Waals surface area contributed by atoms with E-state index < -0.39 is 11.9 Å². The van der Waals surface area contributed by atoms with Crippen LogP contribution in [0.2, 0.25) is 0 Å². The molecule has 3 aromatic rings. The number of nitrogens with zero attached hydrogens (tertiary/aromatic N) is 2. The number of hydrogen-bond donors (Lipinski definition) is 3. The van der Waals surface area contributed by atoms with Gasteiger partial charge in [-0.15, -0.1) is 0 Å². The van der Waals surface area contributed by atoms with Gasteiger partial charge in [0, 0.05) is 5.39 Å². The quantitative estimate of drug-likeness (QED) is 0.688. The second-order valence-electron chi connectivity index (χ2n) is 4.35. The van der Waals surface area contributed by atoms with Gasteiger partial charge in [0.25, 0.3) is 5.91 Å². The minimum atomic E-state index is -1.12. The number of aryl methyl sites for hydroxylation is 1. The largest absolute Gasteiger partial charge is 0.478 e. The Bertz CT molecular complexity index is 852. The van der Waals surface area contributed by atoms with Crippen LogP contribution < -0.4 is 5.32 Å². The van der Waals surface area contributed by atoms with Crippen molar-refractivity contribution in [3.63, 3.8) is 0 Å². The van der Waals surface area contributed by atoms with Crippen molar-refractivity contribution in [3.05, 3.63) is 41.2 Å². The first kappa shape index (κ1) is 13.3. The van der Waals surface area contributed by atoms with E-state index in [1.807, 2.05) is 6.07 Å². The SMILES string of the molecule is Cc1nsc(NC(=O)c2n[nH]c3ccccc23)c1C(=O)O. The molecule has 1 aromatic carbocycles. The molecule has 0 saturated heterocycles. The number of fused-ring (bicyclic) bond motifs is 1. The lowest BCUT2D eigenvalue weighted by atomic mass is 10.2. The van der Waals surface area contributed by atoms with Crippen LogP contribution in [0.1, 0.15) is 26.5 Å². The summed E-state index contributed by atoms with van der Waals surface area (Å²) in [5.74, 6) is -1.60. The van der Waals surface area contributed by atoms with Gasteiger partial charge in [-0.05, 0) is 24.5 Å². The number of carboxylic acids is 1. The molecule has 106 valence electrons. The number of carboxylic acid groups (broad SMARTS) is 1. The minimum Gasteiger partial charge on any atom is -0.478 e. The maximum atomic E-state index is 12.3. The lowest BCUT2D eigenvalue weighted by Gasteiger charge is -2.01. The van der Waals surface area contributed by atoms with Crippen molar-refractivity contribution in [1.82, 2.24) is 14.6 Å². The van der Waals surface area contributed by atoms with Crippen LogP contribution in [-0.2, 0) is 0 Å². The fraction of sp³-hybridized carbons (Fsp3) is 0.0769. The molecule has 0 fully saturated rings. The van der Waals surface area contributed by atoms with Crippen molar-refractivity contribution in [2.24, 2.45) is 0 Å². The van der Waals surface area contributed by atoms with Crippen LogP contribution in [0.4, 0.5) is 5.00 Å². The molecule has 0 aliphatic rings. The summed E-state index contributed by atoms with van der Waals surface area (Å²) < 4.78 is 3.95. The average molecular weight is 302 g/mol. The summed E-state index contributed by atoms with van der Waals surface area (Å²) in [6, 6.07) is 7.20. The van der Waals surface area contributed by atoms with Gasteiger partial charge in [-0.3, -0.25) is 9.89 Å². The standard InChI is InChI=1S/C13H10N4O3S/c1-6-9(13(19)20)12(21-17-6)14-11(18)10-7-4-2-3-5-8(7)15-16-10/h2-5H,1H3,(H,14,18)(H,15,16)(H,19,20). The monoisotopic (exact) mass is 302 g/mol. The highest BCUT2D eigenvalue weighted by Crippen LogP contribution is 2.25. The maximum absolute atomic E-state index is 12.3. The van der Waals surface area contributed by atoms with Gasteiger partial charge in [-0.1, -0.05) is 18.2 Å². The van der Waals surface area contributed by atoms with Crippen molar-refractivity contribution in [2.75, 3.05) is 5.32 Å². The number of para-hydroxylation sites is 1. The Kier molecular flexibility index (Phi) is 3.15. The first-order chi connectivity index (χ1) is 10.1. The zero-order valence-corrected chi connectivity index (χ0v) is 11.7. The van der Waals surface area contributed by atoms with Crippen molar-refractivity contribution < 1.29 is 14.7 Å². The Hall–Kier alpha value is -2.74. The van der Waals surface area contributed by atoms with E-state index in [2.05, 4.69) is 19.9 Å². The van der Waals surface area contributed by atoms with Crippen molar-refractivity contribution in [3.8, 4) is 0 Å². The molecule has 0 unspecified atom stereocenters. The number of benzene rings is 1. The van der Waals surface area contributed by atoms with Gasteiger partial charge >= 0.3 is 5.97 Å². The number of carbonyl (C=O) groups is 2. The highest BCUT2D eigenvalue weighted by atomic mass is 32.1. The third-order valence-corrected chi connectivity index (χ3v) is 3.84. The molecule has 0 spiro atoms. The molecule has 7 nitrogen and oxygen atoms in total. The van der Waals surface area contributed by atoms with Gasteiger partial charge in [0.1, 0.15) is 10.6 Å². The molecular formula is C13H10N4O3S. The molecule has 2 heterocycles.